The standard InChI is InChI=1S/C26H32N4O3/c1-18-7-6-10-23(19(18)2)30-16-20(15-25(30)32)26(33)28-22-11-13-29(14-12-22)17-24(31)27-21-8-4-3-5-9-21/h3-10,20,22H,11-17H2,1-2H3,(H,27,31)(H,28,33). The van der Waals surface area contributed by atoms with Gasteiger partial charge in [-0.2, -0.15) is 0 Å². The Morgan fingerprint density at radius 2 is 1.73 bits per heavy atom. The van der Waals surface area contributed by atoms with Crippen LogP contribution >= 0.6 is 0 Å². The maximum Gasteiger partial charge on any atom is 0.238 e. The van der Waals surface area contributed by atoms with Crippen LogP contribution in [-0.4, -0.2) is 54.8 Å². The quantitative estimate of drug-likeness (QED) is 0.712. The summed E-state index contributed by atoms with van der Waals surface area (Å²) in [6.45, 7) is 6.32. The van der Waals surface area contributed by atoms with Gasteiger partial charge in [-0.15, -0.1) is 0 Å². The molecule has 0 spiro atoms. The summed E-state index contributed by atoms with van der Waals surface area (Å²) >= 11 is 0. The summed E-state index contributed by atoms with van der Waals surface area (Å²) in [5, 5.41) is 6.06. The van der Waals surface area contributed by atoms with Crippen LogP contribution in [0.15, 0.2) is 48.5 Å². The monoisotopic (exact) mass is 448 g/mol. The van der Waals surface area contributed by atoms with Crippen molar-refractivity contribution in [1.82, 2.24) is 10.2 Å². The Labute approximate surface area is 195 Å². The Bertz CT molecular complexity index is 1020. The van der Waals surface area contributed by atoms with Crippen molar-refractivity contribution in [3.05, 3.63) is 59.7 Å². The molecule has 2 aliphatic rings. The summed E-state index contributed by atoms with van der Waals surface area (Å²) in [4.78, 5) is 41.6. The number of carbonyl (C=O) groups is 3. The molecule has 0 saturated carbocycles. The number of piperidine rings is 1. The first-order valence-corrected chi connectivity index (χ1v) is 11.6. The molecule has 1 atom stereocenters. The molecule has 2 aliphatic heterocycles. The van der Waals surface area contributed by atoms with E-state index < -0.39 is 0 Å². The summed E-state index contributed by atoms with van der Waals surface area (Å²) in [5.74, 6) is -0.397. The molecule has 3 amide bonds. The Balaban J connectivity index is 1.23. The summed E-state index contributed by atoms with van der Waals surface area (Å²) in [6, 6.07) is 15.4. The predicted octanol–water partition coefficient (Wildman–Crippen LogP) is 2.88. The van der Waals surface area contributed by atoms with Gasteiger partial charge >= 0.3 is 0 Å². The van der Waals surface area contributed by atoms with Gasteiger partial charge in [-0.25, -0.2) is 0 Å². The Morgan fingerprint density at radius 3 is 2.45 bits per heavy atom. The van der Waals surface area contributed by atoms with Crippen LogP contribution in [0, 0.1) is 19.8 Å². The van der Waals surface area contributed by atoms with Gasteiger partial charge in [0.15, 0.2) is 0 Å². The number of rotatable bonds is 6. The molecule has 2 saturated heterocycles. The molecule has 2 heterocycles. The van der Waals surface area contributed by atoms with Crippen LogP contribution in [0.1, 0.15) is 30.4 Å². The lowest BCUT2D eigenvalue weighted by molar-refractivity contribution is -0.127. The first kappa shape index (κ1) is 23.0. The number of nitrogens with zero attached hydrogens (tertiary/aromatic N) is 2. The van der Waals surface area contributed by atoms with Crippen molar-refractivity contribution in [1.29, 1.82) is 0 Å². The van der Waals surface area contributed by atoms with Crippen molar-refractivity contribution < 1.29 is 14.4 Å². The first-order valence-electron chi connectivity index (χ1n) is 11.6. The van der Waals surface area contributed by atoms with E-state index in [2.05, 4.69) is 15.5 Å². The second kappa shape index (κ2) is 10.2. The number of benzene rings is 2. The van der Waals surface area contributed by atoms with E-state index in [4.69, 9.17) is 0 Å². The molecule has 33 heavy (non-hydrogen) atoms. The highest BCUT2D eigenvalue weighted by Gasteiger charge is 2.36. The predicted molar refractivity (Wildman–Crippen MR) is 129 cm³/mol. The third-order valence-electron chi connectivity index (χ3n) is 6.72. The zero-order valence-corrected chi connectivity index (χ0v) is 19.3. The van der Waals surface area contributed by atoms with Gasteiger partial charge in [0, 0.05) is 43.5 Å². The summed E-state index contributed by atoms with van der Waals surface area (Å²) in [5.41, 5.74) is 3.91. The fourth-order valence-corrected chi connectivity index (χ4v) is 4.62. The molecule has 1 unspecified atom stereocenters. The molecule has 2 aromatic carbocycles. The largest absolute Gasteiger partial charge is 0.353 e. The van der Waals surface area contributed by atoms with Crippen molar-refractivity contribution in [2.75, 3.05) is 36.4 Å². The van der Waals surface area contributed by atoms with E-state index in [0.717, 1.165) is 48.4 Å². The minimum absolute atomic E-state index is 0.00287. The van der Waals surface area contributed by atoms with E-state index in [1.165, 1.54) is 0 Å². The van der Waals surface area contributed by atoms with Gasteiger partial charge in [0.05, 0.1) is 12.5 Å². The highest BCUT2D eigenvalue weighted by atomic mass is 16.2. The van der Waals surface area contributed by atoms with Crippen LogP contribution in [0.5, 0.6) is 0 Å². The average molecular weight is 449 g/mol. The number of hydrogen-bond acceptors (Lipinski definition) is 4. The number of hydrogen-bond donors (Lipinski definition) is 2. The van der Waals surface area contributed by atoms with Crippen LogP contribution in [0.25, 0.3) is 0 Å². The SMILES string of the molecule is Cc1cccc(N2CC(C(=O)NC3CCN(CC(=O)Nc4ccccc4)CC3)CC2=O)c1C. The van der Waals surface area contributed by atoms with Gasteiger partial charge in [0.25, 0.3) is 0 Å². The lowest BCUT2D eigenvalue weighted by Crippen LogP contribution is -2.48. The van der Waals surface area contributed by atoms with Crippen molar-refractivity contribution in [3.8, 4) is 0 Å². The lowest BCUT2D eigenvalue weighted by Gasteiger charge is -2.32. The topological polar surface area (TPSA) is 81.8 Å². The van der Waals surface area contributed by atoms with Crippen LogP contribution in [0.4, 0.5) is 11.4 Å². The smallest absolute Gasteiger partial charge is 0.238 e. The second-order valence-electron chi connectivity index (χ2n) is 9.10. The molecule has 2 fully saturated rings. The van der Waals surface area contributed by atoms with Gasteiger partial charge in [0.1, 0.15) is 0 Å². The van der Waals surface area contributed by atoms with E-state index in [1.54, 1.807) is 4.90 Å². The highest BCUT2D eigenvalue weighted by Crippen LogP contribution is 2.29. The van der Waals surface area contributed by atoms with Crippen molar-refractivity contribution >= 4 is 29.1 Å². The molecule has 2 N–H and O–H groups in total. The fourth-order valence-electron chi connectivity index (χ4n) is 4.62. The van der Waals surface area contributed by atoms with E-state index in [0.29, 0.717) is 13.1 Å². The van der Waals surface area contributed by atoms with Gasteiger partial charge in [0.2, 0.25) is 17.7 Å². The van der Waals surface area contributed by atoms with E-state index >= 15 is 0 Å². The van der Waals surface area contributed by atoms with E-state index in [1.807, 2.05) is 62.4 Å². The van der Waals surface area contributed by atoms with E-state index in [-0.39, 0.29) is 36.1 Å². The Morgan fingerprint density at radius 1 is 1.00 bits per heavy atom. The average Bonchev–Trinajstić information content (AvgIpc) is 3.19. The molecule has 0 aliphatic carbocycles. The van der Waals surface area contributed by atoms with Gasteiger partial charge in [-0.1, -0.05) is 30.3 Å². The number of anilines is 2. The Hall–Kier alpha value is -3.19. The zero-order valence-electron chi connectivity index (χ0n) is 19.3. The zero-order chi connectivity index (χ0) is 23.4. The number of amides is 3. The minimum Gasteiger partial charge on any atom is -0.353 e. The highest BCUT2D eigenvalue weighted by molar-refractivity contribution is 6.01. The molecule has 2 aromatic rings. The summed E-state index contributed by atoms with van der Waals surface area (Å²) in [7, 11) is 0. The molecule has 0 bridgehead atoms. The number of nitrogens with one attached hydrogen (secondary N) is 2. The summed E-state index contributed by atoms with van der Waals surface area (Å²) in [6.07, 6.45) is 1.84. The molecular weight excluding hydrogens is 416 g/mol. The van der Waals surface area contributed by atoms with Crippen molar-refractivity contribution in [3.63, 3.8) is 0 Å². The summed E-state index contributed by atoms with van der Waals surface area (Å²) < 4.78 is 0. The van der Waals surface area contributed by atoms with Crippen LogP contribution < -0.4 is 15.5 Å². The molecule has 0 aromatic heterocycles. The third kappa shape index (κ3) is 5.60. The molecule has 4 rings (SSSR count). The van der Waals surface area contributed by atoms with Crippen molar-refractivity contribution in [2.45, 2.75) is 39.2 Å². The fraction of sp³-hybridized carbons (Fsp3) is 0.423. The van der Waals surface area contributed by atoms with Gasteiger partial charge < -0.3 is 15.5 Å². The molecule has 7 heteroatoms. The first-order chi connectivity index (χ1) is 15.9. The van der Waals surface area contributed by atoms with Crippen LogP contribution in [0.2, 0.25) is 0 Å². The van der Waals surface area contributed by atoms with Crippen molar-refractivity contribution in [2.24, 2.45) is 5.92 Å². The third-order valence-corrected chi connectivity index (χ3v) is 6.72. The van der Waals surface area contributed by atoms with Crippen LogP contribution in [0.3, 0.4) is 0 Å². The van der Waals surface area contributed by atoms with Crippen LogP contribution in [-0.2, 0) is 14.4 Å². The number of aryl methyl sites for hydroxylation is 1. The molecule has 0 radical (unpaired) electrons. The Kier molecular flexibility index (Phi) is 7.08. The maximum absolute atomic E-state index is 12.9. The number of carbonyl (C=O) groups excluding carboxylic acids is 3. The lowest BCUT2D eigenvalue weighted by atomic mass is 10.0. The normalized spacial score (nSPS) is 19.5. The number of para-hydroxylation sites is 1. The molecule has 174 valence electrons. The van der Waals surface area contributed by atoms with E-state index in [9.17, 15) is 14.4 Å². The second-order valence-corrected chi connectivity index (χ2v) is 9.10. The maximum atomic E-state index is 12.9. The molecular formula is C26H32N4O3. The van der Waals surface area contributed by atoms with Gasteiger partial charge in [-0.3, -0.25) is 19.3 Å². The molecule has 7 nitrogen and oxygen atoms in total. The minimum atomic E-state index is -0.327. The van der Waals surface area contributed by atoms with Gasteiger partial charge in [-0.05, 0) is 56.0 Å². The number of likely N-dealkylation sites (tertiary alicyclic amines) is 1.